The minimum Gasteiger partial charge on any atom is -0.493 e. The smallest absolute Gasteiger partial charge is 0.286 e. The summed E-state index contributed by atoms with van der Waals surface area (Å²) in [5.74, 6) is -0.312. The number of thiazole rings is 1. The molecule has 3 rings (SSSR count). The Morgan fingerprint density at radius 3 is 2.58 bits per heavy atom. The second-order valence-corrected chi connectivity index (χ2v) is 6.53. The van der Waals surface area contributed by atoms with E-state index in [0.29, 0.717) is 15.7 Å². The van der Waals surface area contributed by atoms with Gasteiger partial charge in [0.05, 0.1) is 35.4 Å². The van der Waals surface area contributed by atoms with Crippen molar-refractivity contribution in [3.8, 4) is 11.5 Å². The Morgan fingerprint density at radius 2 is 1.92 bits per heavy atom. The van der Waals surface area contributed by atoms with Crippen LogP contribution in [0.5, 0.6) is 11.5 Å². The monoisotopic (exact) mass is 393 g/mol. The molecule has 26 heavy (non-hydrogen) atoms. The van der Waals surface area contributed by atoms with Gasteiger partial charge < -0.3 is 9.47 Å². The summed E-state index contributed by atoms with van der Waals surface area (Å²) in [4.78, 5) is 27.5. The van der Waals surface area contributed by atoms with E-state index in [1.807, 2.05) is 0 Å². The summed E-state index contributed by atoms with van der Waals surface area (Å²) in [6.45, 7) is 0. The fourth-order valence-electron chi connectivity index (χ4n) is 2.32. The molecule has 0 saturated heterocycles. The van der Waals surface area contributed by atoms with Crippen LogP contribution in [0.2, 0.25) is 5.02 Å². The predicted octanol–water partition coefficient (Wildman–Crippen LogP) is 4.13. The molecule has 0 radical (unpaired) electrons. The second-order valence-electron chi connectivity index (χ2n) is 5.07. The van der Waals surface area contributed by atoms with Crippen molar-refractivity contribution in [1.29, 1.82) is 0 Å². The van der Waals surface area contributed by atoms with Crippen LogP contribution in [0.4, 0.5) is 10.8 Å². The Morgan fingerprint density at radius 1 is 1.23 bits per heavy atom. The Kier molecular flexibility index (Phi) is 4.92. The highest BCUT2D eigenvalue weighted by atomic mass is 35.5. The average Bonchev–Trinajstić information content (AvgIpc) is 3.01. The number of anilines is 1. The van der Waals surface area contributed by atoms with Gasteiger partial charge in [0.2, 0.25) is 0 Å². The number of carbonyl (C=O) groups is 1. The van der Waals surface area contributed by atoms with Gasteiger partial charge in [0.1, 0.15) is 5.56 Å². The zero-order valence-corrected chi connectivity index (χ0v) is 15.2. The number of fused-ring (bicyclic) bond motifs is 1. The normalized spacial score (nSPS) is 10.6. The highest BCUT2D eigenvalue weighted by Crippen LogP contribution is 2.35. The van der Waals surface area contributed by atoms with Crippen LogP contribution in [0, 0.1) is 10.1 Å². The number of halogens is 1. The molecule has 0 saturated carbocycles. The van der Waals surface area contributed by atoms with Crippen LogP contribution in [0.25, 0.3) is 10.2 Å². The molecule has 3 aromatic rings. The maximum absolute atomic E-state index is 12.6. The second kappa shape index (κ2) is 7.14. The SMILES string of the molecule is COc1cc(C(=O)Nc2nc3ccc(Cl)cc3s2)c([N+](=O)[O-])cc1OC. The topological polar surface area (TPSA) is 104 Å². The lowest BCUT2D eigenvalue weighted by Gasteiger charge is -2.10. The molecular formula is C16H12ClN3O5S. The zero-order chi connectivity index (χ0) is 18.8. The summed E-state index contributed by atoms with van der Waals surface area (Å²) in [5.41, 5.74) is 0.103. The standard InChI is InChI=1S/C16H12ClN3O5S/c1-24-12-6-9(11(20(22)23)7-13(12)25-2)15(21)19-16-18-10-4-3-8(17)5-14(10)26-16/h3-7H,1-2H3,(H,18,19,21). The van der Waals surface area contributed by atoms with Gasteiger partial charge >= 0.3 is 0 Å². The Labute approximate surface area is 156 Å². The van der Waals surface area contributed by atoms with Crippen LogP contribution < -0.4 is 14.8 Å². The molecule has 1 amide bonds. The van der Waals surface area contributed by atoms with Crippen LogP contribution in [0.1, 0.15) is 10.4 Å². The van der Waals surface area contributed by atoms with E-state index in [4.69, 9.17) is 21.1 Å². The molecule has 8 nitrogen and oxygen atoms in total. The summed E-state index contributed by atoms with van der Waals surface area (Å²) in [7, 11) is 2.73. The molecular weight excluding hydrogens is 382 g/mol. The highest BCUT2D eigenvalue weighted by molar-refractivity contribution is 7.22. The van der Waals surface area contributed by atoms with E-state index in [1.165, 1.54) is 31.6 Å². The number of nitro benzene ring substituents is 1. The number of nitrogens with zero attached hydrogens (tertiary/aromatic N) is 2. The number of nitro groups is 1. The summed E-state index contributed by atoms with van der Waals surface area (Å²) < 4.78 is 11.0. The number of hydrogen-bond donors (Lipinski definition) is 1. The molecule has 0 unspecified atom stereocenters. The number of hydrogen-bond acceptors (Lipinski definition) is 7. The van der Waals surface area contributed by atoms with E-state index in [2.05, 4.69) is 10.3 Å². The molecule has 10 heteroatoms. The van der Waals surface area contributed by atoms with Gasteiger partial charge in [-0.05, 0) is 18.2 Å². The van der Waals surface area contributed by atoms with E-state index >= 15 is 0 Å². The van der Waals surface area contributed by atoms with Crippen molar-refractivity contribution >= 4 is 49.9 Å². The van der Waals surface area contributed by atoms with Crippen molar-refractivity contribution in [3.05, 3.63) is 51.0 Å². The predicted molar refractivity (Wildman–Crippen MR) is 98.8 cm³/mol. The van der Waals surface area contributed by atoms with Crippen LogP contribution >= 0.6 is 22.9 Å². The first-order chi connectivity index (χ1) is 12.4. The third-order valence-corrected chi connectivity index (χ3v) is 4.68. The molecule has 1 heterocycles. The molecule has 0 fully saturated rings. The van der Waals surface area contributed by atoms with Gasteiger partial charge in [-0.25, -0.2) is 4.98 Å². The first-order valence-electron chi connectivity index (χ1n) is 7.20. The number of carbonyl (C=O) groups excluding carboxylic acids is 1. The number of aromatic nitrogens is 1. The fraction of sp³-hybridized carbons (Fsp3) is 0.125. The maximum Gasteiger partial charge on any atom is 0.286 e. The number of amides is 1. The van der Waals surface area contributed by atoms with E-state index < -0.39 is 16.5 Å². The Balaban J connectivity index is 1.98. The van der Waals surface area contributed by atoms with Crippen molar-refractivity contribution < 1.29 is 19.2 Å². The molecule has 0 spiro atoms. The maximum atomic E-state index is 12.6. The molecule has 134 valence electrons. The van der Waals surface area contributed by atoms with E-state index in [-0.39, 0.29) is 17.1 Å². The third-order valence-electron chi connectivity index (χ3n) is 3.51. The molecule has 2 aromatic carbocycles. The number of methoxy groups -OCH3 is 2. The van der Waals surface area contributed by atoms with Crippen molar-refractivity contribution in [3.63, 3.8) is 0 Å². The van der Waals surface area contributed by atoms with Crippen LogP contribution in [0.3, 0.4) is 0 Å². The van der Waals surface area contributed by atoms with Gasteiger partial charge in [-0.3, -0.25) is 20.2 Å². The van der Waals surface area contributed by atoms with Gasteiger partial charge in [-0.2, -0.15) is 0 Å². The van der Waals surface area contributed by atoms with Crippen molar-refractivity contribution in [1.82, 2.24) is 4.98 Å². The lowest BCUT2D eigenvalue weighted by molar-refractivity contribution is -0.385. The van der Waals surface area contributed by atoms with Crippen LogP contribution in [0.15, 0.2) is 30.3 Å². The van der Waals surface area contributed by atoms with Crippen molar-refractivity contribution in [2.24, 2.45) is 0 Å². The van der Waals surface area contributed by atoms with Crippen LogP contribution in [-0.4, -0.2) is 30.0 Å². The molecule has 0 aliphatic carbocycles. The number of ether oxygens (including phenoxy) is 2. The minimum atomic E-state index is -0.678. The Bertz CT molecular complexity index is 1020. The highest BCUT2D eigenvalue weighted by Gasteiger charge is 2.25. The van der Waals surface area contributed by atoms with Crippen LogP contribution in [-0.2, 0) is 0 Å². The first-order valence-corrected chi connectivity index (χ1v) is 8.40. The quantitative estimate of drug-likeness (QED) is 0.516. The summed E-state index contributed by atoms with van der Waals surface area (Å²) in [6.07, 6.45) is 0. The number of benzene rings is 2. The van der Waals surface area contributed by atoms with Gasteiger partial charge in [0.15, 0.2) is 16.6 Å². The first kappa shape index (κ1) is 17.9. The van der Waals surface area contributed by atoms with Gasteiger partial charge in [-0.1, -0.05) is 22.9 Å². The van der Waals surface area contributed by atoms with Crippen molar-refractivity contribution in [2.45, 2.75) is 0 Å². The zero-order valence-electron chi connectivity index (χ0n) is 13.6. The van der Waals surface area contributed by atoms with E-state index in [0.717, 1.165) is 10.8 Å². The minimum absolute atomic E-state index is 0.158. The van der Waals surface area contributed by atoms with Crippen molar-refractivity contribution in [2.75, 3.05) is 19.5 Å². The molecule has 0 bridgehead atoms. The average molecular weight is 394 g/mol. The summed E-state index contributed by atoms with van der Waals surface area (Å²) >= 11 is 7.15. The number of nitrogens with one attached hydrogen (secondary N) is 1. The summed E-state index contributed by atoms with van der Waals surface area (Å²) in [5, 5.41) is 14.8. The molecule has 0 aliphatic rings. The molecule has 1 aromatic heterocycles. The largest absolute Gasteiger partial charge is 0.493 e. The summed E-state index contributed by atoms with van der Waals surface area (Å²) in [6, 6.07) is 7.54. The van der Waals surface area contributed by atoms with Gasteiger partial charge in [0.25, 0.3) is 11.6 Å². The fourth-order valence-corrected chi connectivity index (χ4v) is 3.45. The van der Waals surface area contributed by atoms with E-state index in [9.17, 15) is 14.9 Å². The Hall–Kier alpha value is -2.91. The van der Waals surface area contributed by atoms with Gasteiger partial charge in [0, 0.05) is 11.1 Å². The van der Waals surface area contributed by atoms with Gasteiger partial charge in [-0.15, -0.1) is 0 Å². The number of rotatable bonds is 5. The molecule has 0 aliphatic heterocycles. The molecule has 0 atom stereocenters. The van der Waals surface area contributed by atoms with E-state index in [1.54, 1.807) is 18.2 Å². The molecule has 1 N–H and O–H groups in total. The third kappa shape index (κ3) is 3.39. The lowest BCUT2D eigenvalue weighted by atomic mass is 10.1. The lowest BCUT2D eigenvalue weighted by Crippen LogP contribution is -2.14.